The Morgan fingerprint density at radius 3 is 3.00 bits per heavy atom. The zero-order valence-electron chi connectivity index (χ0n) is 10.1. The van der Waals surface area contributed by atoms with E-state index in [1.807, 2.05) is 18.2 Å². The van der Waals surface area contributed by atoms with Crippen molar-refractivity contribution in [2.24, 2.45) is 0 Å². The van der Waals surface area contributed by atoms with Gasteiger partial charge in [-0.05, 0) is 38.6 Å². The minimum absolute atomic E-state index is 0.122. The van der Waals surface area contributed by atoms with Crippen LogP contribution in [0.15, 0.2) is 18.2 Å². The van der Waals surface area contributed by atoms with Gasteiger partial charge in [-0.15, -0.1) is 0 Å². The lowest BCUT2D eigenvalue weighted by Gasteiger charge is -2.33. The van der Waals surface area contributed by atoms with Gasteiger partial charge < -0.3 is 15.2 Å². The Hall–Kier alpha value is -1.42. The highest BCUT2D eigenvalue weighted by Gasteiger charge is 2.34. The number of hydrogen-bond donors (Lipinski definition) is 1. The van der Waals surface area contributed by atoms with Gasteiger partial charge >= 0.3 is 0 Å². The fraction of sp³-hybridized carbons (Fsp3) is 0.538. The van der Waals surface area contributed by atoms with Gasteiger partial charge in [0, 0.05) is 17.8 Å². The summed E-state index contributed by atoms with van der Waals surface area (Å²) in [5, 5.41) is 0. The molecule has 2 aliphatic heterocycles. The second kappa shape index (κ2) is 4.11. The highest BCUT2D eigenvalue weighted by Crippen LogP contribution is 2.35. The predicted octanol–water partition coefficient (Wildman–Crippen LogP) is 1.50. The third kappa shape index (κ3) is 1.93. The molecule has 0 bridgehead atoms. The van der Waals surface area contributed by atoms with Crippen molar-refractivity contribution >= 4 is 5.69 Å². The lowest BCUT2D eigenvalue weighted by Crippen LogP contribution is -2.45. The van der Waals surface area contributed by atoms with Crippen LogP contribution in [0.25, 0.3) is 0 Å². The number of anilines is 1. The average molecular weight is 234 g/mol. The van der Waals surface area contributed by atoms with Crippen molar-refractivity contribution in [2.45, 2.75) is 25.0 Å². The zero-order valence-corrected chi connectivity index (χ0v) is 10.1. The van der Waals surface area contributed by atoms with E-state index in [2.05, 4.69) is 11.9 Å². The molecule has 0 aromatic heterocycles. The minimum atomic E-state index is 0.122. The van der Waals surface area contributed by atoms with Gasteiger partial charge in [-0.25, -0.2) is 0 Å². The lowest BCUT2D eigenvalue weighted by molar-refractivity contribution is 0.0370. The van der Waals surface area contributed by atoms with E-state index in [4.69, 9.17) is 15.2 Å². The minimum Gasteiger partial charge on any atom is -0.486 e. The molecule has 2 atom stereocenters. The highest BCUT2D eigenvalue weighted by molar-refractivity contribution is 5.52. The van der Waals surface area contributed by atoms with Crippen molar-refractivity contribution in [1.29, 1.82) is 0 Å². The van der Waals surface area contributed by atoms with Crippen molar-refractivity contribution in [3.8, 4) is 11.5 Å². The molecule has 1 fully saturated rings. The normalized spacial score (nSPS) is 28.3. The van der Waals surface area contributed by atoms with Crippen molar-refractivity contribution in [3.63, 3.8) is 0 Å². The van der Waals surface area contributed by atoms with Gasteiger partial charge in [0.1, 0.15) is 12.7 Å². The second-order valence-electron chi connectivity index (χ2n) is 4.86. The molecule has 0 radical (unpaired) electrons. The van der Waals surface area contributed by atoms with Gasteiger partial charge in [-0.3, -0.25) is 4.90 Å². The summed E-state index contributed by atoms with van der Waals surface area (Å²) < 4.78 is 11.8. The predicted molar refractivity (Wildman–Crippen MR) is 66.4 cm³/mol. The molecule has 92 valence electrons. The van der Waals surface area contributed by atoms with Gasteiger partial charge in [-0.1, -0.05) is 0 Å². The van der Waals surface area contributed by atoms with Crippen LogP contribution in [-0.4, -0.2) is 37.2 Å². The van der Waals surface area contributed by atoms with Crippen LogP contribution >= 0.6 is 0 Å². The van der Waals surface area contributed by atoms with Crippen LogP contribution < -0.4 is 15.2 Å². The molecular weight excluding hydrogens is 216 g/mol. The maximum absolute atomic E-state index is 6.02. The SMILES string of the molecule is CN1CCC[C@H]1[C@@H]1COc2ccc(N)cc2O1. The second-order valence-corrected chi connectivity index (χ2v) is 4.86. The molecule has 0 aliphatic carbocycles. The van der Waals surface area contributed by atoms with E-state index in [1.165, 1.54) is 12.8 Å². The Labute approximate surface area is 101 Å². The molecular formula is C13H18N2O2. The summed E-state index contributed by atoms with van der Waals surface area (Å²) >= 11 is 0. The maximum atomic E-state index is 6.02. The molecule has 2 aliphatic rings. The molecule has 0 saturated carbocycles. The number of benzene rings is 1. The van der Waals surface area contributed by atoms with E-state index in [9.17, 15) is 0 Å². The molecule has 4 heteroatoms. The van der Waals surface area contributed by atoms with Crippen LogP contribution in [0.1, 0.15) is 12.8 Å². The third-order valence-corrected chi connectivity index (χ3v) is 3.66. The number of hydrogen-bond acceptors (Lipinski definition) is 4. The number of nitrogens with two attached hydrogens (primary N) is 1. The fourth-order valence-electron chi connectivity index (χ4n) is 2.70. The Kier molecular flexibility index (Phi) is 2.59. The molecule has 1 saturated heterocycles. The molecule has 2 heterocycles. The Morgan fingerprint density at radius 1 is 1.35 bits per heavy atom. The van der Waals surface area contributed by atoms with Crippen LogP contribution in [-0.2, 0) is 0 Å². The number of likely N-dealkylation sites (tertiary alicyclic amines) is 1. The first-order chi connectivity index (χ1) is 8.24. The van der Waals surface area contributed by atoms with Crippen LogP contribution in [0.2, 0.25) is 0 Å². The average Bonchev–Trinajstić information content (AvgIpc) is 2.74. The van der Waals surface area contributed by atoms with Gasteiger partial charge in [0.15, 0.2) is 11.5 Å². The first-order valence-corrected chi connectivity index (χ1v) is 6.13. The number of nitrogens with zero attached hydrogens (tertiary/aromatic N) is 1. The monoisotopic (exact) mass is 234 g/mol. The van der Waals surface area contributed by atoms with Gasteiger partial charge in [0.2, 0.25) is 0 Å². The standard InChI is InChI=1S/C13H18N2O2/c1-15-6-2-3-10(15)13-8-16-11-5-4-9(14)7-12(11)17-13/h4-5,7,10,13H,2-3,6,8,14H2,1H3/t10-,13-/m0/s1. The van der Waals surface area contributed by atoms with Crippen LogP contribution in [0, 0.1) is 0 Å². The molecule has 2 N–H and O–H groups in total. The van der Waals surface area contributed by atoms with E-state index < -0.39 is 0 Å². The quantitative estimate of drug-likeness (QED) is 0.748. The molecule has 1 aromatic rings. The molecule has 0 spiro atoms. The number of ether oxygens (including phenoxy) is 2. The number of rotatable bonds is 1. The Bertz CT molecular complexity index is 422. The smallest absolute Gasteiger partial charge is 0.163 e. The summed E-state index contributed by atoms with van der Waals surface area (Å²) in [5.41, 5.74) is 6.48. The zero-order chi connectivity index (χ0) is 11.8. The molecule has 4 nitrogen and oxygen atoms in total. The summed E-state index contributed by atoms with van der Waals surface area (Å²) in [4.78, 5) is 2.35. The summed E-state index contributed by atoms with van der Waals surface area (Å²) in [5.74, 6) is 1.58. The first kappa shape index (κ1) is 10.7. The van der Waals surface area contributed by atoms with E-state index in [0.717, 1.165) is 18.0 Å². The van der Waals surface area contributed by atoms with Gasteiger partial charge in [0.05, 0.1) is 0 Å². The fourth-order valence-corrected chi connectivity index (χ4v) is 2.70. The molecule has 17 heavy (non-hydrogen) atoms. The van der Waals surface area contributed by atoms with E-state index in [1.54, 1.807) is 0 Å². The number of fused-ring (bicyclic) bond motifs is 1. The van der Waals surface area contributed by atoms with Crippen LogP contribution in [0.5, 0.6) is 11.5 Å². The van der Waals surface area contributed by atoms with Crippen LogP contribution in [0.3, 0.4) is 0 Å². The topological polar surface area (TPSA) is 47.7 Å². The van der Waals surface area contributed by atoms with Crippen molar-refractivity contribution < 1.29 is 9.47 Å². The van der Waals surface area contributed by atoms with Gasteiger partial charge in [-0.2, -0.15) is 0 Å². The highest BCUT2D eigenvalue weighted by atomic mass is 16.6. The summed E-state index contributed by atoms with van der Waals surface area (Å²) in [6.45, 7) is 1.78. The number of nitrogen functional groups attached to an aromatic ring is 1. The maximum Gasteiger partial charge on any atom is 0.163 e. The molecule has 1 aromatic carbocycles. The van der Waals surface area contributed by atoms with Crippen molar-refractivity contribution in [1.82, 2.24) is 4.90 Å². The summed E-state index contributed by atoms with van der Waals surface area (Å²) in [6, 6.07) is 6.02. The van der Waals surface area contributed by atoms with E-state index >= 15 is 0 Å². The largest absolute Gasteiger partial charge is 0.486 e. The number of likely N-dealkylation sites (N-methyl/N-ethyl adjacent to an activating group) is 1. The van der Waals surface area contributed by atoms with Crippen LogP contribution in [0.4, 0.5) is 5.69 Å². The first-order valence-electron chi connectivity index (χ1n) is 6.13. The summed E-state index contributed by atoms with van der Waals surface area (Å²) in [6.07, 6.45) is 2.55. The Balaban J connectivity index is 1.80. The van der Waals surface area contributed by atoms with Gasteiger partial charge in [0.25, 0.3) is 0 Å². The molecule has 0 unspecified atom stereocenters. The molecule has 0 amide bonds. The van der Waals surface area contributed by atoms with E-state index in [0.29, 0.717) is 18.3 Å². The lowest BCUT2D eigenvalue weighted by atomic mass is 10.1. The van der Waals surface area contributed by atoms with Crippen molar-refractivity contribution in [2.75, 3.05) is 25.9 Å². The molecule has 3 rings (SSSR count). The summed E-state index contributed by atoms with van der Waals surface area (Å²) in [7, 11) is 2.15. The van der Waals surface area contributed by atoms with E-state index in [-0.39, 0.29) is 6.10 Å². The third-order valence-electron chi connectivity index (χ3n) is 3.66. The van der Waals surface area contributed by atoms with Crippen molar-refractivity contribution in [3.05, 3.63) is 18.2 Å². The Morgan fingerprint density at radius 2 is 2.24 bits per heavy atom.